The van der Waals surface area contributed by atoms with E-state index in [-0.39, 0.29) is 10.2 Å². The van der Waals surface area contributed by atoms with Gasteiger partial charge >= 0.3 is 0 Å². The van der Waals surface area contributed by atoms with Crippen LogP contribution in [0.3, 0.4) is 0 Å². The predicted octanol–water partition coefficient (Wildman–Crippen LogP) is 3.66. The summed E-state index contributed by atoms with van der Waals surface area (Å²) in [6.45, 7) is -1.04. The van der Waals surface area contributed by atoms with E-state index in [4.69, 9.17) is 0 Å². The molecule has 0 amide bonds. The van der Waals surface area contributed by atoms with E-state index in [0.29, 0.717) is 4.47 Å². The Balaban J connectivity index is 3.09. The summed E-state index contributed by atoms with van der Waals surface area (Å²) in [7, 11) is 0. The molecule has 1 rings (SSSR count). The lowest BCUT2D eigenvalue weighted by molar-refractivity contribution is 0.184. The van der Waals surface area contributed by atoms with E-state index in [1.807, 2.05) is 0 Å². The highest BCUT2D eigenvalue weighted by Gasteiger charge is 2.08. The van der Waals surface area contributed by atoms with Gasteiger partial charge in [0.05, 0.1) is 4.47 Å². The van der Waals surface area contributed by atoms with Crippen LogP contribution in [-0.4, -0.2) is 6.86 Å². The molecular formula is C7H4Br2F2O. The quantitative estimate of drug-likeness (QED) is 0.758. The minimum absolute atomic E-state index is 0.112. The van der Waals surface area contributed by atoms with Gasteiger partial charge in [0, 0.05) is 4.47 Å². The van der Waals surface area contributed by atoms with Crippen molar-refractivity contribution in [1.82, 2.24) is 0 Å². The summed E-state index contributed by atoms with van der Waals surface area (Å²) in [6.07, 6.45) is 0. The fraction of sp³-hybridized carbons (Fsp3) is 0.143. The first-order chi connectivity index (χ1) is 5.65. The highest BCUT2D eigenvalue weighted by Crippen LogP contribution is 2.29. The first-order valence-corrected chi connectivity index (χ1v) is 4.57. The Bertz CT molecular complexity index is 291. The zero-order valence-electron chi connectivity index (χ0n) is 5.78. The summed E-state index contributed by atoms with van der Waals surface area (Å²) < 4.78 is 30.0. The van der Waals surface area contributed by atoms with E-state index in [1.165, 1.54) is 12.1 Å². The van der Waals surface area contributed by atoms with Gasteiger partial charge in [0.25, 0.3) is 0 Å². The topological polar surface area (TPSA) is 9.23 Å². The molecule has 5 heteroatoms. The molecule has 0 saturated heterocycles. The molecule has 0 radical (unpaired) electrons. The Morgan fingerprint density at radius 3 is 2.58 bits per heavy atom. The first-order valence-electron chi connectivity index (χ1n) is 2.98. The number of hydrogen-bond acceptors (Lipinski definition) is 1. The van der Waals surface area contributed by atoms with E-state index in [2.05, 4.69) is 36.6 Å². The van der Waals surface area contributed by atoms with Gasteiger partial charge in [-0.1, -0.05) is 15.9 Å². The van der Waals surface area contributed by atoms with Gasteiger partial charge in [-0.3, -0.25) is 0 Å². The van der Waals surface area contributed by atoms with Crippen molar-refractivity contribution < 1.29 is 13.5 Å². The molecule has 0 unspecified atom stereocenters. The van der Waals surface area contributed by atoms with Gasteiger partial charge in [0.2, 0.25) is 6.86 Å². The van der Waals surface area contributed by atoms with Crippen molar-refractivity contribution in [2.45, 2.75) is 0 Å². The SMILES string of the molecule is FCOc1cc(Br)cc(Br)c1F. The maximum atomic E-state index is 13.0. The van der Waals surface area contributed by atoms with Gasteiger partial charge in [0.15, 0.2) is 11.6 Å². The van der Waals surface area contributed by atoms with Crippen LogP contribution in [0, 0.1) is 5.82 Å². The highest BCUT2D eigenvalue weighted by molar-refractivity contribution is 9.11. The highest BCUT2D eigenvalue weighted by atomic mass is 79.9. The maximum Gasteiger partial charge on any atom is 0.228 e. The second-order valence-electron chi connectivity index (χ2n) is 1.95. The van der Waals surface area contributed by atoms with E-state index < -0.39 is 12.7 Å². The second-order valence-corrected chi connectivity index (χ2v) is 3.72. The van der Waals surface area contributed by atoms with Crippen molar-refractivity contribution >= 4 is 31.9 Å². The molecule has 0 heterocycles. The van der Waals surface area contributed by atoms with Crippen molar-refractivity contribution in [1.29, 1.82) is 0 Å². The third kappa shape index (κ3) is 2.17. The number of rotatable bonds is 2. The molecule has 0 aliphatic rings. The van der Waals surface area contributed by atoms with Crippen LogP contribution >= 0.6 is 31.9 Å². The lowest BCUT2D eigenvalue weighted by atomic mass is 10.3. The van der Waals surface area contributed by atoms with Crippen LogP contribution in [0.5, 0.6) is 5.75 Å². The van der Waals surface area contributed by atoms with Crippen LogP contribution in [0.1, 0.15) is 0 Å². The maximum absolute atomic E-state index is 13.0. The summed E-state index contributed by atoms with van der Waals surface area (Å²) in [5, 5.41) is 0. The molecular weight excluding hydrogens is 298 g/mol. The Morgan fingerprint density at radius 2 is 2.00 bits per heavy atom. The Kier molecular flexibility index (Phi) is 3.46. The number of hydrogen-bond donors (Lipinski definition) is 0. The molecule has 0 bridgehead atoms. The molecule has 0 saturated carbocycles. The van der Waals surface area contributed by atoms with Crippen LogP contribution in [0.15, 0.2) is 21.1 Å². The van der Waals surface area contributed by atoms with E-state index in [0.717, 1.165) is 0 Å². The van der Waals surface area contributed by atoms with Gasteiger partial charge in [-0.05, 0) is 28.1 Å². The minimum Gasteiger partial charge on any atom is -0.460 e. The minimum atomic E-state index is -1.04. The Hall–Kier alpha value is -0.160. The van der Waals surface area contributed by atoms with Crippen LogP contribution in [0.2, 0.25) is 0 Å². The van der Waals surface area contributed by atoms with Crippen LogP contribution in [-0.2, 0) is 0 Å². The zero-order valence-corrected chi connectivity index (χ0v) is 8.95. The van der Waals surface area contributed by atoms with E-state index in [1.54, 1.807) is 0 Å². The average Bonchev–Trinajstić information content (AvgIpc) is 2.00. The van der Waals surface area contributed by atoms with Gasteiger partial charge in [-0.15, -0.1) is 0 Å². The Morgan fingerprint density at radius 1 is 1.33 bits per heavy atom. The summed E-state index contributed by atoms with van der Waals surface area (Å²) in [6, 6.07) is 2.88. The number of ether oxygens (including phenoxy) is 1. The van der Waals surface area contributed by atoms with Gasteiger partial charge in [-0.25, -0.2) is 8.78 Å². The van der Waals surface area contributed by atoms with E-state index in [9.17, 15) is 8.78 Å². The molecule has 0 fully saturated rings. The van der Waals surface area contributed by atoms with Crippen LogP contribution in [0.25, 0.3) is 0 Å². The van der Waals surface area contributed by atoms with Crippen molar-refractivity contribution in [3.8, 4) is 5.75 Å². The van der Waals surface area contributed by atoms with Gasteiger partial charge in [0.1, 0.15) is 0 Å². The fourth-order valence-electron chi connectivity index (χ4n) is 0.696. The van der Waals surface area contributed by atoms with Crippen molar-refractivity contribution in [3.63, 3.8) is 0 Å². The lowest BCUT2D eigenvalue weighted by Gasteiger charge is -2.04. The largest absolute Gasteiger partial charge is 0.460 e. The van der Waals surface area contributed by atoms with Crippen molar-refractivity contribution in [2.75, 3.05) is 6.86 Å². The molecule has 1 nitrogen and oxygen atoms in total. The summed E-state index contributed by atoms with van der Waals surface area (Å²) in [4.78, 5) is 0. The first kappa shape index (κ1) is 9.92. The molecule has 0 aromatic heterocycles. The third-order valence-electron chi connectivity index (χ3n) is 1.17. The smallest absolute Gasteiger partial charge is 0.228 e. The molecule has 1 aromatic carbocycles. The second kappa shape index (κ2) is 4.18. The molecule has 0 aliphatic carbocycles. The molecule has 66 valence electrons. The molecule has 0 N–H and O–H groups in total. The molecule has 0 aliphatic heterocycles. The average molecular weight is 302 g/mol. The zero-order chi connectivity index (χ0) is 9.14. The molecule has 0 spiro atoms. The lowest BCUT2D eigenvalue weighted by Crippen LogP contribution is -1.94. The third-order valence-corrected chi connectivity index (χ3v) is 2.20. The van der Waals surface area contributed by atoms with Gasteiger partial charge in [-0.2, -0.15) is 0 Å². The molecule has 1 aromatic rings. The fourth-order valence-corrected chi connectivity index (χ4v) is 1.88. The molecule has 0 atom stereocenters. The monoisotopic (exact) mass is 300 g/mol. The number of alkyl halides is 1. The van der Waals surface area contributed by atoms with Crippen LogP contribution < -0.4 is 4.74 Å². The molecule has 12 heavy (non-hydrogen) atoms. The normalized spacial score (nSPS) is 10.0. The number of benzene rings is 1. The van der Waals surface area contributed by atoms with E-state index >= 15 is 0 Å². The van der Waals surface area contributed by atoms with Gasteiger partial charge < -0.3 is 4.74 Å². The van der Waals surface area contributed by atoms with Crippen molar-refractivity contribution in [3.05, 3.63) is 26.9 Å². The summed E-state index contributed by atoms with van der Waals surface area (Å²) >= 11 is 6.08. The van der Waals surface area contributed by atoms with Crippen LogP contribution in [0.4, 0.5) is 8.78 Å². The Labute approximate surface area is 85.0 Å². The predicted molar refractivity (Wildman–Crippen MR) is 48.4 cm³/mol. The summed E-state index contributed by atoms with van der Waals surface area (Å²) in [5.74, 6) is -0.713. The summed E-state index contributed by atoms with van der Waals surface area (Å²) in [5.41, 5.74) is 0. The van der Waals surface area contributed by atoms with Crippen molar-refractivity contribution in [2.24, 2.45) is 0 Å². The standard InChI is InChI=1S/C7H4Br2F2O/c8-4-1-5(9)7(11)6(2-4)12-3-10/h1-2H,3H2. The number of halogens is 4.